The number of hydrogen-bond acceptors (Lipinski definition) is 3. The first-order valence-electron chi connectivity index (χ1n) is 7.96. The van der Waals surface area contributed by atoms with Gasteiger partial charge in [0.15, 0.2) is 0 Å². The lowest BCUT2D eigenvalue weighted by Gasteiger charge is -2.18. The lowest BCUT2D eigenvalue weighted by atomic mass is 10.1. The van der Waals surface area contributed by atoms with Gasteiger partial charge in [-0.05, 0) is 41.8 Å². The van der Waals surface area contributed by atoms with E-state index in [9.17, 15) is 22.0 Å². The van der Waals surface area contributed by atoms with Crippen molar-refractivity contribution in [1.82, 2.24) is 4.90 Å². The number of urea groups is 1. The number of sulfone groups is 1. The average molecular weight is 382 g/mol. The zero-order chi connectivity index (χ0) is 19.3. The zero-order valence-electron chi connectivity index (χ0n) is 14.4. The van der Waals surface area contributed by atoms with Crippen LogP contribution in [0.3, 0.4) is 0 Å². The summed E-state index contributed by atoms with van der Waals surface area (Å²) in [5.41, 5.74) is 2.49. The van der Waals surface area contributed by atoms with Crippen molar-refractivity contribution < 1.29 is 22.0 Å². The minimum atomic E-state index is -4.64. The number of alkyl halides is 2. The van der Waals surface area contributed by atoms with Gasteiger partial charge in [-0.2, -0.15) is 8.78 Å². The van der Waals surface area contributed by atoms with Gasteiger partial charge in [-0.1, -0.05) is 31.2 Å². The second kappa shape index (κ2) is 8.27. The van der Waals surface area contributed by atoms with E-state index in [0.717, 1.165) is 24.1 Å². The molecule has 26 heavy (non-hydrogen) atoms. The number of halogens is 2. The van der Waals surface area contributed by atoms with Crippen molar-refractivity contribution in [1.29, 1.82) is 0 Å². The fraction of sp³-hybridized carbons (Fsp3) is 0.278. The molecule has 0 fully saturated rings. The highest BCUT2D eigenvalue weighted by Gasteiger charge is 2.26. The Balaban J connectivity index is 2.00. The Labute approximate surface area is 151 Å². The SMILES string of the molecule is CCc1ccc(CN(C)C(=O)Nc2ccc(S(=O)(=O)C(F)F)cc2)cc1. The minimum absolute atomic E-state index is 0.316. The van der Waals surface area contributed by atoms with Gasteiger partial charge in [0.2, 0.25) is 9.84 Å². The number of amides is 2. The van der Waals surface area contributed by atoms with Crippen LogP contribution in [0.1, 0.15) is 18.1 Å². The predicted octanol–water partition coefficient (Wildman–Crippen LogP) is 3.91. The molecule has 0 atom stereocenters. The van der Waals surface area contributed by atoms with E-state index in [4.69, 9.17) is 0 Å². The smallest absolute Gasteiger partial charge is 0.323 e. The summed E-state index contributed by atoms with van der Waals surface area (Å²) >= 11 is 0. The number of nitrogens with zero attached hydrogens (tertiary/aromatic N) is 1. The molecule has 0 aliphatic heterocycles. The quantitative estimate of drug-likeness (QED) is 0.824. The third-order valence-corrected chi connectivity index (χ3v) is 5.26. The maximum absolute atomic E-state index is 12.5. The fourth-order valence-corrected chi connectivity index (χ4v) is 3.00. The number of benzene rings is 2. The lowest BCUT2D eigenvalue weighted by Crippen LogP contribution is -2.30. The number of carbonyl (C=O) groups excluding carboxylic acids is 1. The van der Waals surface area contributed by atoms with Crippen molar-refractivity contribution in [3.05, 3.63) is 59.7 Å². The number of hydrogen-bond donors (Lipinski definition) is 1. The number of aryl methyl sites for hydroxylation is 1. The molecule has 0 aromatic heterocycles. The Morgan fingerprint density at radius 2 is 1.58 bits per heavy atom. The van der Waals surface area contributed by atoms with Crippen LogP contribution in [0.4, 0.5) is 19.3 Å². The van der Waals surface area contributed by atoms with Crippen LogP contribution in [0, 0.1) is 0 Å². The van der Waals surface area contributed by atoms with E-state index < -0.39 is 26.5 Å². The molecule has 1 N–H and O–H groups in total. The second-order valence-corrected chi connectivity index (χ2v) is 7.70. The first-order chi connectivity index (χ1) is 12.2. The van der Waals surface area contributed by atoms with Gasteiger partial charge in [0.05, 0.1) is 4.90 Å². The predicted molar refractivity (Wildman–Crippen MR) is 95.9 cm³/mol. The fourth-order valence-electron chi connectivity index (χ4n) is 2.28. The standard InChI is InChI=1S/C18H20F2N2O3S/c1-3-13-4-6-14(7-5-13)12-22(2)18(23)21-15-8-10-16(11-9-15)26(24,25)17(19)20/h4-11,17H,3,12H2,1-2H3,(H,21,23). The van der Waals surface area contributed by atoms with E-state index in [1.807, 2.05) is 24.3 Å². The third kappa shape index (κ3) is 4.78. The van der Waals surface area contributed by atoms with Crippen molar-refractivity contribution in [3.8, 4) is 0 Å². The van der Waals surface area contributed by atoms with Gasteiger partial charge in [0.1, 0.15) is 0 Å². The Morgan fingerprint density at radius 1 is 1.04 bits per heavy atom. The molecule has 140 valence electrons. The molecule has 2 aromatic carbocycles. The van der Waals surface area contributed by atoms with Gasteiger partial charge in [-0.25, -0.2) is 13.2 Å². The topological polar surface area (TPSA) is 66.5 Å². The van der Waals surface area contributed by atoms with E-state index >= 15 is 0 Å². The normalized spacial score (nSPS) is 11.4. The number of nitrogens with one attached hydrogen (secondary N) is 1. The summed E-state index contributed by atoms with van der Waals surface area (Å²) in [6, 6.07) is 12.1. The molecule has 0 bridgehead atoms. The van der Waals surface area contributed by atoms with Crippen LogP contribution in [0.5, 0.6) is 0 Å². The molecule has 2 aromatic rings. The summed E-state index contributed by atoms with van der Waals surface area (Å²) in [7, 11) is -3.02. The van der Waals surface area contributed by atoms with Crippen LogP contribution < -0.4 is 5.32 Å². The number of rotatable bonds is 6. The monoisotopic (exact) mass is 382 g/mol. The first-order valence-corrected chi connectivity index (χ1v) is 9.50. The Kier molecular flexibility index (Phi) is 6.31. The van der Waals surface area contributed by atoms with E-state index in [1.54, 1.807) is 7.05 Å². The van der Waals surface area contributed by atoms with Gasteiger partial charge in [-0.3, -0.25) is 0 Å². The summed E-state index contributed by atoms with van der Waals surface area (Å²) in [5, 5.41) is 2.60. The Hall–Kier alpha value is -2.48. The Bertz CT molecular complexity index is 851. The molecule has 8 heteroatoms. The van der Waals surface area contributed by atoms with E-state index in [2.05, 4.69) is 12.2 Å². The van der Waals surface area contributed by atoms with Gasteiger partial charge < -0.3 is 10.2 Å². The largest absolute Gasteiger partial charge is 0.341 e. The van der Waals surface area contributed by atoms with Crippen LogP contribution >= 0.6 is 0 Å². The van der Waals surface area contributed by atoms with Gasteiger partial charge in [-0.15, -0.1) is 0 Å². The molecule has 0 saturated carbocycles. The van der Waals surface area contributed by atoms with E-state index in [0.29, 0.717) is 12.2 Å². The van der Waals surface area contributed by atoms with Crippen LogP contribution in [-0.2, 0) is 22.8 Å². The van der Waals surface area contributed by atoms with Crippen LogP contribution in [-0.4, -0.2) is 32.2 Å². The average Bonchev–Trinajstić information content (AvgIpc) is 2.62. The molecule has 0 aliphatic rings. The highest BCUT2D eigenvalue weighted by Crippen LogP contribution is 2.20. The van der Waals surface area contributed by atoms with Crippen LogP contribution in [0.15, 0.2) is 53.4 Å². The van der Waals surface area contributed by atoms with E-state index in [-0.39, 0.29) is 0 Å². The van der Waals surface area contributed by atoms with Crippen LogP contribution in [0.25, 0.3) is 0 Å². The highest BCUT2D eigenvalue weighted by molar-refractivity contribution is 7.91. The van der Waals surface area contributed by atoms with Gasteiger partial charge in [0, 0.05) is 19.3 Å². The van der Waals surface area contributed by atoms with Crippen molar-refractivity contribution in [2.24, 2.45) is 0 Å². The number of anilines is 1. The van der Waals surface area contributed by atoms with Crippen molar-refractivity contribution in [3.63, 3.8) is 0 Å². The van der Waals surface area contributed by atoms with Gasteiger partial charge >= 0.3 is 11.8 Å². The first kappa shape index (κ1) is 19.8. The van der Waals surface area contributed by atoms with Crippen molar-refractivity contribution in [2.75, 3.05) is 12.4 Å². The van der Waals surface area contributed by atoms with Crippen LogP contribution in [0.2, 0.25) is 0 Å². The maximum atomic E-state index is 12.5. The Morgan fingerprint density at radius 3 is 2.08 bits per heavy atom. The summed E-state index contributed by atoms with van der Waals surface area (Å²) in [6.07, 6.45) is 0.938. The third-order valence-electron chi connectivity index (χ3n) is 3.87. The molecular weight excluding hydrogens is 362 g/mol. The summed E-state index contributed by atoms with van der Waals surface area (Å²) in [4.78, 5) is 13.2. The second-order valence-electron chi connectivity index (χ2n) is 5.79. The van der Waals surface area contributed by atoms with Crippen molar-refractivity contribution in [2.45, 2.75) is 30.5 Å². The molecule has 0 saturated heterocycles. The zero-order valence-corrected chi connectivity index (χ0v) is 15.3. The lowest BCUT2D eigenvalue weighted by molar-refractivity contribution is 0.220. The minimum Gasteiger partial charge on any atom is -0.323 e. The maximum Gasteiger partial charge on any atom is 0.341 e. The summed E-state index contributed by atoms with van der Waals surface area (Å²) < 4.78 is 47.8. The summed E-state index contributed by atoms with van der Waals surface area (Å²) in [6.45, 7) is 2.46. The molecule has 2 amide bonds. The molecular formula is C18H20F2N2O3S. The van der Waals surface area contributed by atoms with Crippen molar-refractivity contribution >= 4 is 21.6 Å². The molecule has 0 spiro atoms. The number of carbonyl (C=O) groups is 1. The molecule has 0 unspecified atom stereocenters. The van der Waals surface area contributed by atoms with E-state index in [1.165, 1.54) is 22.6 Å². The molecule has 5 nitrogen and oxygen atoms in total. The molecule has 2 rings (SSSR count). The highest BCUT2D eigenvalue weighted by atomic mass is 32.2. The summed E-state index contributed by atoms with van der Waals surface area (Å²) in [5.74, 6) is -3.48. The molecule has 0 aliphatic carbocycles. The van der Waals surface area contributed by atoms with Gasteiger partial charge in [0.25, 0.3) is 0 Å². The molecule has 0 heterocycles. The molecule has 0 radical (unpaired) electrons.